The molecule has 31 heavy (non-hydrogen) atoms. The zero-order valence-corrected chi connectivity index (χ0v) is 19.5. The third kappa shape index (κ3) is 5.02. The standard InChI is InChI=1S/C22H27ClFN3O3S/c1-25(2)31(29,30)16-10-11-21(27-12-5-4-6-13-27)17(14-16)22(28)26(3)15-18-19(23)8-7-9-20(18)24/h7-11,14H,4-6,12-13,15H2,1-3H3. The molecule has 0 aliphatic carbocycles. The van der Waals surface area contributed by atoms with Gasteiger partial charge in [0.25, 0.3) is 5.91 Å². The molecule has 0 bridgehead atoms. The second kappa shape index (κ2) is 9.54. The van der Waals surface area contributed by atoms with E-state index < -0.39 is 21.7 Å². The summed E-state index contributed by atoms with van der Waals surface area (Å²) in [6, 6.07) is 9.02. The molecule has 0 atom stereocenters. The molecule has 1 aliphatic heterocycles. The average Bonchev–Trinajstić information content (AvgIpc) is 2.75. The fraction of sp³-hybridized carbons (Fsp3) is 0.409. The molecule has 168 valence electrons. The number of nitrogens with zero attached hydrogens (tertiary/aromatic N) is 3. The van der Waals surface area contributed by atoms with Crippen LogP contribution in [0, 0.1) is 5.82 Å². The van der Waals surface area contributed by atoms with E-state index in [1.807, 2.05) is 0 Å². The van der Waals surface area contributed by atoms with Crippen molar-refractivity contribution in [1.82, 2.24) is 9.21 Å². The minimum Gasteiger partial charge on any atom is -0.371 e. The molecule has 0 spiro atoms. The van der Waals surface area contributed by atoms with Crippen LogP contribution in [0.2, 0.25) is 5.02 Å². The first-order chi connectivity index (χ1) is 14.6. The highest BCUT2D eigenvalue weighted by Gasteiger charge is 2.26. The molecule has 1 aliphatic rings. The molecule has 1 saturated heterocycles. The quantitative estimate of drug-likeness (QED) is 0.644. The molecule has 0 saturated carbocycles. The summed E-state index contributed by atoms with van der Waals surface area (Å²) in [7, 11) is 0.731. The van der Waals surface area contributed by atoms with Gasteiger partial charge < -0.3 is 9.80 Å². The highest BCUT2D eigenvalue weighted by Crippen LogP contribution is 2.29. The molecule has 6 nitrogen and oxygen atoms in total. The Morgan fingerprint density at radius 3 is 2.39 bits per heavy atom. The van der Waals surface area contributed by atoms with Crippen LogP contribution < -0.4 is 4.90 Å². The normalized spacial score (nSPS) is 14.7. The number of amides is 1. The number of sulfonamides is 1. The van der Waals surface area contributed by atoms with Crippen molar-refractivity contribution in [3.05, 3.63) is 58.4 Å². The maximum Gasteiger partial charge on any atom is 0.256 e. The van der Waals surface area contributed by atoms with Gasteiger partial charge in [-0.1, -0.05) is 17.7 Å². The van der Waals surface area contributed by atoms with Gasteiger partial charge in [-0.15, -0.1) is 0 Å². The maximum atomic E-state index is 14.2. The number of carbonyl (C=O) groups is 1. The van der Waals surface area contributed by atoms with E-state index in [4.69, 9.17) is 11.6 Å². The maximum absolute atomic E-state index is 14.2. The topological polar surface area (TPSA) is 60.9 Å². The molecule has 0 aromatic heterocycles. The van der Waals surface area contributed by atoms with Crippen LogP contribution in [0.5, 0.6) is 0 Å². The molecule has 9 heteroatoms. The van der Waals surface area contributed by atoms with Crippen LogP contribution in [0.1, 0.15) is 35.2 Å². The number of hydrogen-bond donors (Lipinski definition) is 0. The fourth-order valence-corrected chi connectivity index (χ4v) is 4.82. The molecular weight excluding hydrogens is 441 g/mol. The summed E-state index contributed by atoms with van der Waals surface area (Å²) in [4.78, 5) is 16.9. The smallest absolute Gasteiger partial charge is 0.256 e. The Labute approximate surface area is 188 Å². The molecule has 2 aromatic rings. The van der Waals surface area contributed by atoms with Crippen molar-refractivity contribution >= 4 is 33.2 Å². The van der Waals surface area contributed by atoms with E-state index in [0.29, 0.717) is 5.69 Å². The molecule has 1 heterocycles. The van der Waals surface area contributed by atoms with Gasteiger partial charge in [0.15, 0.2) is 0 Å². The minimum absolute atomic E-state index is 0.0333. The lowest BCUT2D eigenvalue weighted by molar-refractivity contribution is 0.0784. The van der Waals surface area contributed by atoms with E-state index in [-0.39, 0.29) is 27.6 Å². The molecule has 0 radical (unpaired) electrons. The predicted octanol–water partition coefficient (Wildman–Crippen LogP) is 3.99. The second-order valence-electron chi connectivity index (χ2n) is 7.88. The zero-order valence-electron chi connectivity index (χ0n) is 17.9. The van der Waals surface area contributed by atoms with Crippen LogP contribution in [0.4, 0.5) is 10.1 Å². The van der Waals surface area contributed by atoms with Crippen molar-refractivity contribution < 1.29 is 17.6 Å². The fourth-order valence-electron chi connectivity index (χ4n) is 3.67. The van der Waals surface area contributed by atoms with E-state index in [9.17, 15) is 17.6 Å². The minimum atomic E-state index is -3.72. The van der Waals surface area contributed by atoms with Gasteiger partial charge in [-0.3, -0.25) is 4.79 Å². The SMILES string of the molecule is CN(Cc1c(F)cccc1Cl)C(=O)c1cc(S(=O)(=O)N(C)C)ccc1N1CCCCC1. The highest BCUT2D eigenvalue weighted by molar-refractivity contribution is 7.89. The van der Waals surface area contributed by atoms with Gasteiger partial charge in [0.2, 0.25) is 10.0 Å². The van der Waals surface area contributed by atoms with Crippen LogP contribution in [-0.2, 0) is 16.6 Å². The molecule has 1 amide bonds. The van der Waals surface area contributed by atoms with Crippen LogP contribution in [0.15, 0.2) is 41.3 Å². The van der Waals surface area contributed by atoms with E-state index in [0.717, 1.165) is 36.7 Å². The lowest BCUT2D eigenvalue weighted by atomic mass is 10.1. The van der Waals surface area contributed by atoms with Crippen LogP contribution in [0.25, 0.3) is 0 Å². The van der Waals surface area contributed by atoms with E-state index in [2.05, 4.69) is 4.90 Å². The average molecular weight is 468 g/mol. The van der Waals surface area contributed by atoms with E-state index in [1.165, 1.54) is 43.3 Å². The first-order valence-electron chi connectivity index (χ1n) is 10.1. The monoisotopic (exact) mass is 467 g/mol. The molecule has 0 unspecified atom stereocenters. The Bertz CT molecular complexity index is 1050. The van der Waals surface area contributed by atoms with E-state index >= 15 is 0 Å². The first-order valence-corrected chi connectivity index (χ1v) is 11.9. The van der Waals surface area contributed by atoms with Crippen molar-refractivity contribution in [2.24, 2.45) is 0 Å². The molecular formula is C22H27ClFN3O3S. The molecule has 2 aromatic carbocycles. The molecule has 3 rings (SSSR count). The first kappa shape index (κ1) is 23.5. The van der Waals surface area contributed by atoms with Crippen molar-refractivity contribution in [2.45, 2.75) is 30.7 Å². The molecule has 1 fully saturated rings. The van der Waals surface area contributed by atoms with Crippen molar-refractivity contribution in [3.63, 3.8) is 0 Å². The van der Waals surface area contributed by atoms with Gasteiger partial charge in [0.05, 0.1) is 10.5 Å². The van der Waals surface area contributed by atoms with Crippen LogP contribution in [0.3, 0.4) is 0 Å². The lowest BCUT2D eigenvalue weighted by Gasteiger charge is -2.31. The number of carbonyl (C=O) groups excluding carboxylic acids is 1. The van der Waals surface area contributed by atoms with Gasteiger partial charge in [0, 0.05) is 57.1 Å². The van der Waals surface area contributed by atoms with Gasteiger partial charge in [-0.2, -0.15) is 0 Å². The number of rotatable bonds is 6. The van der Waals surface area contributed by atoms with Crippen molar-refractivity contribution in [3.8, 4) is 0 Å². The number of halogens is 2. The Kier molecular flexibility index (Phi) is 7.24. The third-order valence-electron chi connectivity index (χ3n) is 5.48. The number of benzene rings is 2. The van der Waals surface area contributed by atoms with Crippen molar-refractivity contribution in [2.75, 3.05) is 39.1 Å². The van der Waals surface area contributed by atoms with Gasteiger partial charge in [0.1, 0.15) is 5.82 Å². The summed E-state index contributed by atoms with van der Waals surface area (Å²) in [5, 5.41) is 0.236. The Balaban J connectivity index is 2.02. The highest BCUT2D eigenvalue weighted by atomic mass is 35.5. The van der Waals surface area contributed by atoms with Crippen LogP contribution in [-0.4, -0.2) is 57.8 Å². The summed E-state index contributed by atoms with van der Waals surface area (Å²) in [5.41, 5.74) is 1.19. The summed E-state index contributed by atoms with van der Waals surface area (Å²) in [6.45, 7) is 1.56. The summed E-state index contributed by atoms with van der Waals surface area (Å²) in [6.07, 6.45) is 3.14. The Morgan fingerprint density at radius 1 is 1.10 bits per heavy atom. The second-order valence-corrected chi connectivity index (χ2v) is 10.4. The number of hydrogen-bond acceptors (Lipinski definition) is 4. The van der Waals surface area contributed by atoms with Crippen molar-refractivity contribution in [1.29, 1.82) is 0 Å². The van der Waals surface area contributed by atoms with E-state index in [1.54, 1.807) is 19.2 Å². The lowest BCUT2D eigenvalue weighted by Crippen LogP contribution is -2.34. The number of piperidine rings is 1. The van der Waals surface area contributed by atoms with Crippen LogP contribution >= 0.6 is 11.6 Å². The van der Waals surface area contributed by atoms with Gasteiger partial charge in [-0.25, -0.2) is 17.1 Å². The Hall–Kier alpha value is -2.16. The summed E-state index contributed by atoms with van der Waals surface area (Å²) in [5.74, 6) is -0.886. The third-order valence-corrected chi connectivity index (χ3v) is 7.64. The predicted molar refractivity (Wildman–Crippen MR) is 121 cm³/mol. The van der Waals surface area contributed by atoms with Gasteiger partial charge in [-0.05, 0) is 49.6 Å². The summed E-state index contributed by atoms with van der Waals surface area (Å²) >= 11 is 6.13. The number of anilines is 1. The largest absolute Gasteiger partial charge is 0.371 e. The summed E-state index contributed by atoms with van der Waals surface area (Å²) < 4.78 is 40.7. The van der Waals surface area contributed by atoms with Gasteiger partial charge >= 0.3 is 0 Å². The molecule has 0 N–H and O–H groups in total. The zero-order chi connectivity index (χ0) is 22.8. The Morgan fingerprint density at radius 2 is 1.77 bits per heavy atom.